The second-order valence-electron chi connectivity index (χ2n) is 5.60. The van der Waals surface area contributed by atoms with E-state index >= 15 is 0 Å². The fraction of sp³-hybridized carbons (Fsp3) is 0.909. The number of nitrogens with zero attached hydrogens (tertiary/aromatic N) is 2. The summed E-state index contributed by atoms with van der Waals surface area (Å²) in [7, 11) is -3.06. The lowest BCUT2D eigenvalue weighted by Crippen LogP contribution is -2.60. The maximum atomic E-state index is 12.1. The molecule has 2 aliphatic rings. The molecular weight excluding hydrogens is 252 g/mol. The first kappa shape index (κ1) is 13.8. The largest absolute Gasteiger partial charge is 0.386 e. The molecule has 7 heteroatoms. The predicted molar refractivity (Wildman–Crippen MR) is 71.1 cm³/mol. The Labute approximate surface area is 109 Å². The van der Waals surface area contributed by atoms with Crippen LogP contribution in [0.25, 0.3) is 0 Å². The third kappa shape index (κ3) is 2.39. The van der Waals surface area contributed by atoms with Gasteiger partial charge in [-0.3, -0.25) is 10.3 Å². The number of sulfonamides is 1. The first-order valence-corrected chi connectivity index (χ1v) is 7.85. The highest BCUT2D eigenvalue weighted by Gasteiger charge is 2.42. The van der Waals surface area contributed by atoms with Gasteiger partial charge in [0.15, 0.2) is 0 Å². The monoisotopic (exact) mass is 274 g/mol. The molecule has 0 aromatic heterocycles. The highest BCUT2D eigenvalue weighted by Crippen LogP contribution is 2.31. The number of hydrogen-bond donors (Lipinski definition) is 2. The summed E-state index contributed by atoms with van der Waals surface area (Å²) in [5, 5.41) is 7.45. The average molecular weight is 274 g/mol. The van der Waals surface area contributed by atoms with E-state index in [1.807, 2.05) is 13.8 Å². The topological polar surface area (TPSA) is 90.5 Å². The van der Waals surface area contributed by atoms with Crippen LogP contribution >= 0.6 is 0 Å². The van der Waals surface area contributed by atoms with Gasteiger partial charge < -0.3 is 5.73 Å². The second kappa shape index (κ2) is 4.47. The molecular formula is C11H22N4O2S. The quantitative estimate of drug-likeness (QED) is 0.549. The Bertz CT molecular complexity index is 434. The van der Waals surface area contributed by atoms with E-state index in [0.29, 0.717) is 26.2 Å². The first-order valence-electron chi connectivity index (χ1n) is 6.35. The zero-order valence-corrected chi connectivity index (χ0v) is 11.8. The number of rotatable bonds is 4. The van der Waals surface area contributed by atoms with Crippen LogP contribution in [0.1, 0.15) is 26.7 Å². The SMILES string of the molecule is CC(C)(C(=N)N)N1CCN(S(=O)(=O)C2CC2)CC1. The van der Waals surface area contributed by atoms with Gasteiger partial charge in [0.25, 0.3) is 0 Å². The molecule has 1 heterocycles. The van der Waals surface area contributed by atoms with Crippen molar-refractivity contribution in [2.24, 2.45) is 5.73 Å². The summed E-state index contributed by atoms with van der Waals surface area (Å²) < 4.78 is 25.8. The van der Waals surface area contributed by atoms with Crippen molar-refractivity contribution < 1.29 is 8.42 Å². The fourth-order valence-corrected chi connectivity index (χ4v) is 4.07. The highest BCUT2D eigenvalue weighted by atomic mass is 32.2. The summed E-state index contributed by atoms with van der Waals surface area (Å²) in [6, 6.07) is 0. The minimum atomic E-state index is -3.06. The number of piperazine rings is 1. The van der Waals surface area contributed by atoms with Crippen molar-refractivity contribution in [2.75, 3.05) is 26.2 Å². The number of nitrogens with two attached hydrogens (primary N) is 1. The summed E-state index contributed by atoms with van der Waals surface area (Å²) in [5.41, 5.74) is 5.10. The third-order valence-electron chi connectivity index (χ3n) is 3.99. The molecule has 6 nitrogen and oxygen atoms in total. The third-order valence-corrected chi connectivity index (χ3v) is 6.39. The molecule has 18 heavy (non-hydrogen) atoms. The van der Waals surface area contributed by atoms with Crippen molar-refractivity contribution in [2.45, 2.75) is 37.5 Å². The van der Waals surface area contributed by atoms with Crippen molar-refractivity contribution >= 4 is 15.9 Å². The van der Waals surface area contributed by atoms with E-state index in [4.69, 9.17) is 11.1 Å². The summed E-state index contributed by atoms with van der Waals surface area (Å²) in [6.45, 7) is 6.10. The molecule has 2 fully saturated rings. The standard InChI is InChI=1S/C11H22N4O2S/c1-11(2,10(12)13)14-5-7-15(8-6-14)18(16,17)9-3-4-9/h9H,3-8H2,1-2H3,(H3,12,13). The van der Waals surface area contributed by atoms with Gasteiger partial charge in [-0.15, -0.1) is 0 Å². The smallest absolute Gasteiger partial charge is 0.217 e. The van der Waals surface area contributed by atoms with Gasteiger partial charge >= 0.3 is 0 Å². The van der Waals surface area contributed by atoms with Crippen molar-refractivity contribution in [1.29, 1.82) is 5.41 Å². The average Bonchev–Trinajstić information content (AvgIpc) is 3.13. The van der Waals surface area contributed by atoms with Crippen LogP contribution in [0.3, 0.4) is 0 Å². The Morgan fingerprint density at radius 1 is 1.22 bits per heavy atom. The van der Waals surface area contributed by atoms with Crippen LogP contribution in [0.2, 0.25) is 0 Å². The molecule has 1 saturated heterocycles. The Balaban J connectivity index is 1.98. The van der Waals surface area contributed by atoms with Crippen molar-refractivity contribution in [1.82, 2.24) is 9.21 Å². The van der Waals surface area contributed by atoms with Gasteiger partial charge in [0.2, 0.25) is 10.0 Å². The molecule has 1 aliphatic heterocycles. The highest BCUT2D eigenvalue weighted by molar-refractivity contribution is 7.90. The summed E-state index contributed by atoms with van der Waals surface area (Å²) in [5.74, 6) is 0.126. The van der Waals surface area contributed by atoms with Crippen LogP contribution in [0.15, 0.2) is 0 Å². The molecule has 0 aromatic rings. The Morgan fingerprint density at radius 3 is 2.11 bits per heavy atom. The molecule has 0 radical (unpaired) electrons. The van der Waals surface area contributed by atoms with Crippen LogP contribution in [-0.4, -0.2) is 60.4 Å². The van der Waals surface area contributed by atoms with Gasteiger partial charge in [-0.2, -0.15) is 4.31 Å². The van der Waals surface area contributed by atoms with Gasteiger partial charge in [-0.25, -0.2) is 8.42 Å². The molecule has 0 aromatic carbocycles. The van der Waals surface area contributed by atoms with Gasteiger partial charge in [0.1, 0.15) is 5.84 Å². The summed E-state index contributed by atoms with van der Waals surface area (Å²) >= 11 is 0. The van der Waals surface area contributed by atoms with E-state index in [-0.39, 0.29) is 11.1 Å². The number of amidine groups is 1. The van der Waals surface area contributed by atoms with E-state index in [1.165, 1.54) is 0 Å². The molecule has 0 amide bonds. The molecule has 1 aliphatic carbocycles. The zero-order chi connectivity index (χ0) is 13.6. The van der Waals surface area contributed by atoms with Crippen LogP contribution in [-0.2, 0) is 10.0 Å². The Hall–Kier alpha value is -0.660. The minimum absolute atomic E-state index is 0.126. The van der Waals surface area contributed by atoms with Crippen LogP contribution in [0.5, 0.6) is 0 Å². The maximum Gasteiger partial charge on any atom is 0.217 e. The predicted octanol–water partition coefficient (Wildman–Crippen LogP) is -0.189. The van der Waals surface area contributed by atoms with E-state index in [2.05, 4.69) is 4.90 Å². The van der Waals surface area contributed by atoms with E-state index in [1.54, 1.807) is 4.31 Å². The molecule has 0 unspecified atom stereocenters. The van der Waals surface area contributed by atoms with Gasteiger partial charge in [0.05, 0.1) is 10.8 Å². The maximum absolute atomic E-state index is 12.1. The lowest BCUT2D eigenvalue weighted by Gasteiger charge is -2.42. The molecule has 3 N–H and O–H groups in total. The lowest BCUT2D eigenvalue weighted by atomic mass is 10.0. The summed E-state index contributed by atoms with van der Waals surface area (Å²) in [4.78, 5) is 2.08. The minimum Gasteiger partial charge on any atom is -0.386 e. The van der Waals surface area contributed by atoms with Crippen molar-refractivity contribution in [3.05, 3.63) is 0 Å². The van der Waals surface area contributed by atoms with Crippen molar-refractivity contribution in [3.8, 4) is 0 Å². The molecule has 1 saturated carbocycles. The molecule has 0 spiro atoms. The van der Waals surface area contributed by atoms with Crippen LogP contribution in [0.4, 0.5) is 0 Å². The molecule has 0 atom stereocenters. The van der Waals surface area contributed by atoms with E-state index in [0.717, 1.165) is 12.8 Å². The van der Waals surface area contributed by atoms with Gasteiger partial charge in [-0.05, 0) is 26.7 Å². The van der Waals surface area contributed by atoms with Crippen molar-refractivity contribution in [3.63, 3.8) is 0 Å². The molecule has 0 bridgehead atoms. The normalized spacial score (nSPS) is 24.1. The number of nitrogens with one attached hydrogen (secondary N) is 1. The Kier molecular flexibility index (Phi) is 3.42. The van der Waals surface area contributed by atoms with Gasteiger partial charge in [0, 0.05) is 26.2 Å². The first-order chi connectivity index (χ1) is 8.26. The lowest BCUT2D eigenvalue weighted by molar-refractivity contribution is 0.121. The van der Waals surface area contributed by atoms with E-state index < -0.39 is 15.6 Å². The van der Waals surface area contributed by atoms with Crippen LogP contribution in [0, 0.1) is 5.41 Å². The molecule has 104 valence electrons. The number of hydrogen-bond acceptors (Lipinski definition) is 4. The fourth-order valence-electron chi connectivity index (χ4n) is 2.25. The van der Waals surface area contributed by atoms with E-state index in [9.17, 15) is 8.42 Å². The molecule has 2 rings (SSSR count). The Morgan fingerprint density at radius 2 is 1.72 bits per heavy atom. The second-order valence-corrected chi connectivity index (χ2v) is 7.82. The van der Waals surface area contributed by atoms with Gasteiger partial charge in [-0.1, -0.05) is 0 Å². The zero-order valence-electron chi connectivity index (χ0n) is 11.0. The summed E-state index contributed by atoms with van der Waals surface area (Å²) in [6.07, 6.45) is 1.61. The van der Waals surface area contributed by atoms with Crippen LogP contribution < -0.4 is 5.73 Å².